The summed E-state index contributed by atoms with van der Waals surface area (Å²) in [6.07, 6.45) is 2.86. The third-order valence-corrected chi connectivity index (χ3v) is 6.09. The van der Waals surface area contributed by atoms with E-state index < -0.39 is 0 Å². The van der Waals surface area contributed by atoms with Crippen LogP contribution in [0.2, 0.25) is 0 Å². The second-order valence-electron chi connectivity index (χ2n) is 8.05. The largest absolute Gasteiger partial charge is 0.321 e. The van der Waals surface area contributed by atoms with Gasteiger partial charge in [-0.2, -0.15) is 5.10 Å². The van der Waals surface area contributed by atoms with Crippen molar-refractivity contribution in [2.24, 2.45) is 0 Å². The van der Waals surface area contributed by atoms with Gasteiger partial charge in [-0.05, 0) is 62.2 Å². The molecular weight excluding hydrogens is 390 g/mol. The summed E-state index contributed by atoms with van der Waals surface area (Å²) in [5, 5.41) is 11.9. The van der Waals surface area contributed by atoms with Gasteiger partial charge >= 0.3 is 0 Å². The molecule has 158 valence electrons. The molecule has 2 aromatic heterocycles. The van der Waals surface area contributed by atoms with Gasteiger partial charge in [-0.3, -0.25) is 9.59 Å². The van der Waals surface area contributed by atoms with Crippen LogP contribution in [0.25, 0.3) is 16.6 Å². The number of rotatable bonds is 4. The first-order valence-corrected chi connectivity index (χ1v) is 10.8. The zero-order valence-corrected chi connectivity index (χ0v) is 17.4. The summed E-state index contributed by atoms with van der Waals surface area (Å²) in [6.45, 7) is 3.94. The van der Waals surface area contributed by atoms with E-state index in [1.807, 2.05) is 47.0 Å². The Hall–Kier alpha value is -3.45. The predicted molar refractivity (Wildman–Crippen MR) is 122 cm³/mol. The Bertz CT molecular complexity index is 1310. The number of benzene rings is 2. The minimum Gasteiger partial charge on any atom is -0.321 e. The Morgan fingerprint density at radius 3 is 2.68 bits per heavy atom. The molecule has 0 aliphatic carbocycles. The minimum atomic E-state index is -0.189. The third kappa shape index (κ3) is 3.61. The van der Waals surface area contributed by atoms with Crippen LogP contribution in [0.1, 0.15) is 47.3 Å². The number of piperidine rings is 1. The lowest BCUT2D eigenvalue weighted by Crippen LogP contribution is -2.28. The molecular formula is C24H25N5O2. The van der Waals surface area contributed by atoms with Gasteiger partial charge in [-0.15, -0.1) is 0 Å². The van der Waals surface area contributed by atoms with E-state index in [4.69, 9.17) is 5.10 Å². The second-order valence-corrected chi connectivity index (χ2v) is 8.05. The molecule has 1 saturated heterocycles. The quantitative estimate of drug-likeness (QED) is 0.476. The molecule has 7 nitrogen and oxygen atoms in total. The molecule has 1 fully saturated rings. The lowest BCUT2D eigenvalue weighted by Gasteiger charge is -2.23. The van der Waals surface area contributed by atoms with Crippen LogP contribution in [0.3, 0.4) is 0 Å². The Morgan fingerprint density at radius 2 is 1.94 bits per heavy atom. The molecule has 0 saturated carbocycles. The highest BCUT2D eigenvalue weighted by Crippen LogP contribution is 2.30. The Labute approximate surface area is 179 Å². The van der Waals surface area contributed by atoms with Crippen molar-refractivity contribution in [3.8, 4) is 0 Å². The van der Waals surface area contributed by atoms with Gasteiger partial charge in [-0.1, -0.05) is 25.1 Å². The molecule has 2 aromatic carbocycles. The number of hydrogen-bond acceptors (Lipinski definition) is 4. The first-order chi connectivity index (χ1) is 15.1. The summed E-state index contributed by atoms with van der Waals surface area (Å²) in [5.74, 6) is 0.0850. The molecule has 5 rings (SSSR count). The number of fused-ring (bicyclic) bond motifs is 3. The van der Waals surface area contributed by atoms with Crippen LogP contribution in [-0.4, -0.2) is 33.6 Å². The average molecular weight is 415 g/mol. The van der Waals surface area contributed by atoms with Gasteiger partial charge in [-0.25, -0.2) is 4.52 Å². The number of aromatic nitrogens is 3. The number of aryl methyl sites for hydroxylation is 1. The number of aromatic amines is 1. The average Bonchev–Trinajstić information content (AvgIpc) is 3.18. The highest BCUT2D eigenvalue weighted by atomic mass is 16.1. The van der Waals surface area contributed by atoms with Gasteiger partial charge in [0.2, 0.25) is 0 Å². The normalized spacial score (nSPS) is 14.9. The molecule has 0 unspecified atom stereocenters. The first-order valence-electron chi connectivity index (χ1n) is 10.8. The van der Waals surface area contributed by atoms with E-state index in [0.29, 0.717) is 16.9 Å². The van der Waals surface area contributed by atoms with Crippen molar-refractivity contribution >= 4 is 28.1 Å². The molecule has 0 atom stereocenters. The molecule has 31 heavy (non-hydrogen) atoms. The molecule has 7 heteroatoms. The minimum absolute atomic E-state index is 0.154. The fourth-order valence-electron chi connectivity index (χ4n) is 4.39. The van der Waals surface area contributed by atoms with Crippen molar-refractivity contribution in [3.05, 3.63) is 75.7 Å². The second kappa shape index (κ2) is 8.00. The molecule has 1 aliphatic heterocycles. The summed E-state index contributed by atoms with van der Waals surface area (Å²) in [6, 6.07) is 14.9. The van der Waals surface area contributed by atoms with E-state index >= 15 is 0 Å². The molecule has 3 heterocycles. The van der Waals surface area contributed by atoms with Crippen LogP contribution in [0.4, 0.5) is 5.69 Å². The van der Waals surface area contributed by atoms with Crippen LogP contribution >= 0.6 is 0 Å². The SMILES string of the molecule is CCc1ccc(C(=O)Nc2cccc3nn4c(C5CCNCC5)cc(=O)[nH]c4c23)cc1. The molecule has 1 amide bonds. The standard InChI is InChI=1S/C24H25N5O2/c1-2-15-6-8-17(9-7-15)24(31)26-18-4-3-5-19-22(18)23-27-21(30)14-20(29(23)28-19)16-10-12-25-13-11-16/h3-9,14,16,25H,2,10-13H2,1H3,(H,26,31)(H,27,30). The highest BCUT2D eigenvalue weighted by molar-refractivity contribution is 6.11. The monoisotopic (exact) mass is 415 g/mol. The lowest BCUT2D eigenvalue weighted by molar-refractivity contribution is 0.102. The van der Waals surface area contributed by atoms with Crippen LogP contribution in [-0.2, 0) is 6.42 Å². The molecule has 0 radical (unpaired) electrons. The number of nitrogens with zero attached hydrogens (tertiary/aromatic N) is 2. The molecule has 1 aliphatic rings. The van der Waals surface area contributed by atoms with Crippen molar-refractivity contribution in [1.29, 1.82) is 0 Å². The Morgan fingerprint density at radius 1 is 1.16 bits per heavy atom. The van der Waals surface area contributed by atoms with Gasteiger partial charge in [0.15, 0.2) is 0 Å². The summed E-state index contributed by atoms with van der Waals surface area (Å²) in [7, 11) is 0. The van der Waals surface area contributed by atoms with E-state index in [0.717, 1.165) is 48.9 Å². The fraction of sp³-hybridized carbons (Fsp3) is 0.292. The summed E-state index contributed by atoms with van der Waals surface area (Å²) >= 11 is 0. The van der Waals surface area contributed by atoms with E-state index in [1.54, 1.807) is 6.07 Å². The zero-order valence-electron chi connectivity index (χ0n) is 17.4. The third-order valence-electron chi connectivity index (χ3n) is 6.09. The molecule has 0 bridgehead atoms. The molecule has 0 spiro atoms. The number of anilines is 1. The zero-order chi connectivity index (χ0) is 21.4. The number of carbonyl (C=O) groups is 1. The maximum atomic E-state index is 12.9. The van der Waals surface area contributed by atoms with Gasteiger partial charge in [0, 0.05) is 17.5 Å². The number of nitrogens with one attached hydrogen (secondary N) is 3. The highest BCUT2D eigenvalue weighted by Gasteiger charge is 2.22. The van der Waals surface area contributed by atoms with Crippen molar-refractivity contribution < 1.29 is 4.79 Å². The van der Waals surface area contributed by atoms with Crippen LogP contribution in [0.5, 0.6) is 0 Å². The van der Waals surface area contributed by atoms with Gasteiger partial charge in [0.05, 0.1) is 22.3 Å². The van der Waals surface area contributed by atoms with Gasteiger partial charge in [0.1, 0.15) is 5.65 Å². The number of amides is 1. The van der Waals surface area contributed by atoms with Crippen LogP contribution in [0.15, 0.2) is 53.3 Å². The van der Waals surface area contributed by atoms with Gasteiger partial charge < -0.3 is 15.6 Å². The summed E-state index contributed by atoms with van der Waals surface area (Å²) in [4.78, 5) is 28.3. The van der Waals surface area contributed by atoms with E-state index in [9.17, 15) is 9.59 Å². The first kappa shape index (κ1) is 19.5. The predicted octanol–water partition coefficient (Wildman–Crippen LogP) is 3.46. The number of H-pyrrole nitrogens is 1. The van der Waals surface area contributed by atoms with Crippen molar-refractivity contribution in [2.45, 2.75) is 32.1 Å². The van der Waals surface area contributed by atoms with Crippen LogP contribution < -0.4 is 16.2 Å². The number of hydrogen-bond donors (Lipinski definition) is 3. The van der Waals surface area contributed by atoms with Crippen molar-refractivity contribution in [2.75, 3.05) is 18.4 Å². The topological polar surface area (TPSA) is 91.3 Å². The number of carbonyl (C=O) groups excluding carboxylic acids is 1. The smallest absolute Gasteiger partial charge is 0.255 e. The van der Waals surface area contributed by atoms with Crippen LogP contribution in [0, 0.1) is 0 Å². The fourth-order valence-corrected chi connectivity index (χ4v) is 4.39. The maximum Gasteiger partial charge on any atom is 0.255 e. The summed E-state index contributed by atoms with van der Waals surface area (Å²) < 4.78 is 1.84. The summed E-state index contributed by atoms with van der Waals surface area (Å²) in [5.41, 5.74) is 4.53. The van der Waals surface area contributed by atoms with E-state index in [-0.39, 0.29) is 17.4 Å². The Kier molecular flexibility index (Phi) is 5.03. The molecule has 3 N–H and O–H groups in total. The lowest BCUT2D eigenvalue weighted by atomic mass is 9.94. The van der Waals surface area contributed by atoms with E-state index in [2.05, 4.69) is 22.5 Å². The van der Waals surface area contributed by atoms with E-state index in [1.165, 1.54) is 5.56 Å². The van der Waals surface area contributed by atoms with Crippen molar-refractivity contribution in [1.82, 2.24) is 19.9 Å². The Balaban J connectivity index is 1.59. The molecule has 4 aromatic rings. The maximum absolute atomic E-state index is 12.9. The van der Waals surface area contributed by atoms with Gasteiger partial charge in [0.25, 0.3) is 11.5 Å². The van der Waals surface area contributed by atoms with Crippen molar-refractivity contribution in [3.63, 3.8) is 0 Å².